The van der Waals surface area contributed by atoms with Crippen LogP contribution in [0.1, 0.15) is 26.4 Å². The lowest BCUT2D eigenvalue weighted by Crippen LogP contribution is -2.14. The topological polar surface area (TPSA) is 112 Å². The highest BCUT2D eigenvalue weighted by Crippen LogP contribution is 2.20. The molecule has 0 aliphatic heterocycles. The second kappa shape index (κ2) is 4.75. The van der Waals surface area contributed by atoms with Crippen molar-refractivity contribution in [3.8, 4) is 0 Å². The Bertz CT molecular complexity index is 848. The van der Waals surface area contributed by atoms with Crippen molar-refractivity contribution in [1.82, 2.24) is 19.6 Å². The van der Waals surface area contributed by atoms with Crippen molar-refractivity contribution >= 4 is 23.1 Å². The van der Waals surface area contributed by atoms with Crippen molar-refractivity contribution in [2.24, 2.45) is 0 Å². The lowest BCUT2D eigenvalue weighted by molar-refractivity contribution is 0.0697. The third-order valence-electron chi connectivity index (χ3n) is 3.11. The largest absolute Gasteiger partial charge is 0.478 e. The number of carboxylic acids is 1. The number of nitrogens with zero attached hydrogens (tertiary/aromatic N) is 3. The zero-order valence-electron chi connectivity index (χ0n) is 11.0. The lowest BCUT2D eigenvalue weighted by atomic mass is 10.2. The molecule has 0 aromatic carbocycles. The quantitative estimate of drug-likeness (QED) is 0.671. The molecule has 106 valence electrons. The minimum absolute atomic E-state index is 0.0398. The second-order valence-corrected chi connectivity index (χ2v) is 4.43. The number of aromatic carboxylic acids is 1. The molecule has 0 aliphatic carbocycles. The van der Waals surface area contributed by atoms with Crippen molar-refractivity contribution < 1.29 is 14.7 Å². The minimum Gasteiger partial charge on any atom is -0.478 e. The number of carboxylic acid groups (broad SMARTS) is 1. The number of aromatic nitrogens is 4. The zero-order chi connectivity index (χ0) is 15.0. The number of aryl methyl sites for hydroxylation is 1. The summed E-state index contributed by atoms with van der Waals surface area (Å²) in [7, 11) is 0. The first-order valence-electron chi connectivity index (χ1n) is 6.08. The number of amides is 1. The Kier molecular flexibility index (Phi) is 2.90. The predicted molar refractivity (Wildman–Crippen MR) is 73.4 cm³/mol. The third kappa shape index (κ3) is 2.12. The summed E-state index contributed by atoms with van der Waals surface area (Å²) in [6, 6.07) is 0. The van der Waals surface area contributed by atoms with E-state index >= 15 is 0 Å². The van der Waals surface area contributed by atoms with Gasteiger partial charge in [0.2, 0.25) is 0 Å². The van der Waals surface area contributed by atoms with E-state index in [1.54, 1.807) is 19.3 Å². The summed E-state index contributed by atoms with van der Waals surface area (Å²) in [6.45, 7) is 1.62. The maximum Gasteiger partial charge on any atom is 0.339 e. The van der Waals surface area contributed by atoms with E-state index < -0.39 is 11.9 Å². The first kappa shape index (κ1) is 12.9. The van der Waals surface area contributed by atoms with Gasteiger partial charge in [-0.05, 0) is 6.92 Å². The second-order valence-electron chi connectivity index (χ2n) is 4.43. The van der Waals surface area contributed by atoms with Gasteiger partial charge in [0.15, 0.2) is 0 Å². The van der Waals surface area contributed by atoms with Gasteiger partial charge in [0.25, 0.3) is 5.91 Å². The Hall–Kier alpha value is -3.16. The van der Waals surface area contributed by atoms with Crippen molar-refractivity contribution in [1.29, 1.82) is 0 Å². The number of H-pyrrole nitrogens is 1. The molecular formula is C13H11N5O3. The molecule has 0 saturated carbocycles. The van der Waals surface area contributed by atoms with E-state index in [2.05, 4.69) is 20.4 Å². The number of rotatable bonds is 3. The van der Waals surface area contributed by atoms with E-state index in [4.69, 9.17) is 5.11 Å². The molecule has 0 unspecified atom stereocenters. The molecule has 3 aromatic rings. The van der Waals surface area contributed by atoms with Crippen molar-refractivity contribution in [3.05, 3.63) is 47.8 Å². The standard InChI is InChI=1S/C13H11N5O3/c1-7-11(13(20)21)9(5-15-7)17-12(19)8-4-16-18-3-2-14-6-10(8)18/h2-6,15H,1H3,(H,17,19)(H,20,21). The SMILES string of the molecule is Cc1[nH]cc(NC(=O)c2cnn3ccncc23)c1C(=O)O. The van der Waals surface area contributed by atoms with Gasteiger partial charge in [0, 0.05) is 24.3 Å². The van der Waals surface area contributed by atoms with Crippen LogP contribution in [-0.4, -0.2) is 36.6 Å². The normalized spacial score (nSPS) is 10.7. The van der Waals surface area contributed by atoms with Gasteiger partial charge in [0.05, 0.1) is 29.2 Å². The molecule has 3 aromatic heterocycles. The van der Waals surface area contributed by atoms with Crippen LogP contribution in [0, 0.1) is 6.92 Å². The molecule has 8 nitrogen and oxygen atoms in total. The summed E-state index contributed by atoms with van der Waals surface area (Å²) >= 11 is 0. The summed E-state index contributed by atoms with van der Waals surface area (Å²) in [5.74, 6) is -1.55. The van der Waals surface area contributed by atoms with E-state index in [9.17, 15) is 9.59 Å². The number of carbonyl (C=O) groups excluding carboxylic acids is 1. The summed E-state index contributed by atoms with van der Waals surface area (Å²) < 4.78 is 1.52. The smallest absolute Gasteiger partial charge is 0.339 e. The molecule has 0 fully saturated rings. The van der Waals surface area contributed by atoms with Gasteiger partial charge in [0.1, 0.15) is 5.56 Å². The Morgan fingerprint density at radius 2 is 2.19 bits per heavy atom. The number of aromatic amines is 1. The van der Waals surface area contributed by atoms with Gasteiger partial charge in [-0.25, -0.2) is 9.31 Å². The van der Waals surface area contributed by atoms with Gasteiger partial charge in [-0.1, -0.05) is 0 Å². The minimum atomic E-state index is -1.11. The predicted octanol–water partition coefficient (Wildman–Crippen LogP) is 1.32. The summed E-state index contributed by atoms with van der Waals surface area (Å²) in [5, 5.41) is 15.8. The van der Waals surface area contributed by atoms with Crippen molar-refractivity contribution in [3.63, 3.8) is 0 Å². The number of carbonyl (C=O) groups is 2. The van der Waals surface area contributed by atoms with E-state index in [0.717, 1.165) is 0 Å². The summed E-state index contributed by atoms with van der Waals surface area (Å²) in [6.07, 6.45) is 7.55. The van der Waals surface area contributed by atoms with E-state index in [1.807, 2.05) is 0 Å². The Labute approximate surface area is 118 Å². The Morgan fingerprint density at radius 3 is 2.95 bits per heavy atom. The number of hydrogen-bond acceptors (Lipinski definition) is 4. The molecule has 0 spiro atoms. The summed E-state index contributed by atoms with van der Waals surface area (Å²) in [5.41, 5.74) is 1.59. The van der Waals surface area contributed by atoms with Crippen LogP contribution in [0.15, 0.2) is 31.0 Å². The molecule has 0 bridgehead atoms. The molecule has 21 heavy (non-hydrogen) atoms. The van der Waals surface area contributed by atoms with Gasteiger partial charge in [-0.2, -0.15) is 5.10 Å². The number of anilines is 1. The molecule has 3 rings (SSSR count). The summed E-state index contributed by atoms with van der Waals surface area (Å²) in [4.78, 5) is 30.2. The molecule has 0 aliphatic rings. The third-order valence-corrected chi connectivity index (χ3v) is 3.11. The highest BCUT2D eigenvalue weighted by molar-refractivity contribution is 6.11. The first-order valence-corrected chi connectivity index (χ1v) is 6.08. The highest BCUT2D eigenvalue weighted by Gasteiger charge is 2.19. The van der Waals surface area contributed by atoms with Crippen molar-refractivity contribution in [2.45, 2.75) is 6.92 Å². The van der Waals surface area contributed by atoms with E-state index in [-0.39, 0.29) is 11.3 Å². The van der Waals surface area contributed by atoms with Gasteiger partial charge in [-0.15, -0.1) is 0 Å². The zero-order valence-corrected chi connectivity index (χ0v) is 11.0. The lowest BCUT2D eigenvalue weighted by Gasteiger charge is -2.03. The maximum atomic E-state index is 12.3. The molecule has 0 atom stereocenters. The number of nitrogens with one attached hydrogen (secondary N) is 2. The fourth-order valence-electron chi connectivity index (χ4n) is 2.10. The average molecular weight is 285 g/mol. The molecular weight excluding hydrogens is 274 g/mol. The van der Waals surface area contributed by atoms with Crippen LogP contribution in [-0.2, 0) is 0 Å². The number of hydrogen-bond donors (Lipinski definition) is 3. The molecule has 3 heterocycles. The fraction of sp³-hybridized carbons (Fsp3) is 0.0769. The molecule has 0 radical (unpaired) electrons. The van der Waals surface area contributed by atoms with Gasteiger partial charge in [-0.3, -0.25) is 9.78 Å². The average Bonchev–Trinajstić information content (AvgIpc) is 3.02. The van der Waals surface area contributed by atoms with Crippen LogP contribution in [0.4, 0.5) is 5.69 Å². The molecule has 8 heteroatoms. The van der Waals surface area contributed by atoms with E-state index in [0.29, 0.717) is 16.8 Å². The highest BCUT2D eigenvalue weighted by atomic mass is 16.4. The van der Waals surface area contributed by atoms with Gasteiger partial charge < -0.3 is 15.4 Å². The Balaban J connectivity index is 1.96. The van der Waals surface area contributed by atoms with Crippen LogP contribution in [0.25, 0.3) is 5.52 Å². The molecule has 3 N–H and O–H groups in total. The monoisotopic (exact) mass is 285 g/mol. The van der Waals surface area contributed by atoms with Crippen LogP contribution in [0.2, 0.25) is 0 Å². The molecule has 0 saturated heterocycles. The fourth-order valence-corrected chi connectivity index (χ4v) is 2.10. The number of fused-ring (bicyclic) bond motifs is 1. The van der Waals surface area contributed by atoms with Gasteiger partial charge >= 0.3 is 5.97 Å². The van der Waals surface area contributed by atoms with Crippen LogP contribution in [0.5, 0.6) is 0 Å². The molecule has 1 amide bonds. The van der Waals surface area contributed by atoms with Crippen LogP contribution in [0.3, 0.4) is 0 Å². The van der Waals surface area contributed by atoms with E-state index in [1.165, 1.54) is 23.1 Å². The van der Waals surface area contributed by atoms with Crippen molar-refractivity contribution in [2.75, 3.05) is 5.32 Å². The van der Waals surface area contributed by atoms with Crippen LogP contribution < -0.4 is 5.32 Å². The maximum absolute atomic E-state index is 12.3. The Morgan fingerprint density at radius 1 is 1.38 bits per heavy atom. The first-order chi connectivity index (χ1) is 10.1. The van der Waals surface area contributed by atoms with Crippen LogP contribution >= 0.6 is 0 Å².